The molecule has 0 bridgehead atoms. The van der Waals surface area contributed by atoms with E-state index >= 15 is 0 Å². The monoisotopic (exact) mass is 328 g/mol. The molecule has 122 valence electrons. The molecular formula is C15H21O6P. The summed E-state index contributed by atoms with van der Waals surface area (Å²) in [5.41, 5.74) is 0.807. The second-order valence-corrected chi connectivity index (χ2v) is 7.59. The van der Waals surface area contributed by atoms with Gasteiger partial charge in [-0.3, -0.25) is 14.2 Å². The first-order valence-corrected chi connectivity index (χ1v) is 9.07. The molecule has 0 aliphatic rings. The van der Waals surface area contributed by atoms with Crippen LogP contribution in [0.3, 0.4) is 0 Å². The lowest BCUT2D eigenvalue weighted by molar-refractivity contribution is -0.142. The zero-order valence-electron chi connectivity index (χ0n) is 12.5. The highest BCUT2D eigenvalue weighted by atomic mass is 31.2. The Kier molecular flexibility index (Phi) is 7.28. The predicted molar refractivity (Wildman–Crippen MR) is 82.2 cm³/mol. The second kappa shape index (κ2) is 8.71. The van der Waals surface area contributed by atoms with E-state index in [4.69, 9.17) is 9.63 Å². The highest BCUT2D eigenvalue weighted by Crippen LogP contribution is 2.52. The Hall–Kier alpha value is -1.65. The number of aliphatic carboxylic acids is 2. The Balaban J connectivity index is 2.85. The Morgan fingerprint density at radius 1 is 1.23 bits per heavy atom. The molecule has 0 saturated carbocycles. The molecule has 1 aromatic rings. The molecule has 2 atom stereocenters. The van der Waals surface area contributed by atoms with E-state index in [0.717, 1.165) is 5.56 Å². The molecule has 2 N–H and O–H groups in total. The summed E-state index contributed by atoms with van der Waals surface area (Å²) in [7, 11) is -3.18. The van der Waals surface area contributed by atoms with Gasteiger partial charge < -0.3 is 14.7 Å². The molecular weight excluding hydrogens is 307 g/mol. The lowest BCUT2D eigenvalue weighted by Gasteiger charge is -2.21. The van der Waals surface area contributed by atoms with Crippen molar-refractivity contribution in [1.82, 2.24) is 0 Å². The average Bonchev–Trinajstić information content (AvgIpc) is 2.44. The maximum atomic E-state index is 12.9. The minimum absolute atomic E-state index is 0.0590. The first-order chi connectivity index (χ1) is 10.4. The van der Waals surface area contributed by atoms with E-state index in [0.29, 0.717) is 0 Å². The van der Waals surface area contributed by atoms with E-state index in [9.17, 15) is 19.3 Å². The van der Waals surface area contributed by atoms with Crippen molar-refractivity contribution in [2.45, 2.75) is 25.9 Å². The van der Waals surface area contributed by atoms with E-state index in [-0.39, 0.29) is 31.8 Å². The van der Waals surface area contributed by atoms with Gasteiger partial charge in [-0.15, -0.1) is 0 Å². The molecule has 0 amide bonds. The van der Waals surface area contributed by atoms with Crippen LogP contribution >= 0.6 is 7.37 Å². The van der Waals surface area contributed by atoms with Crippen LogP contribution in [0.1, 0.15) is 25.3 Å². The molecule has 0 aliphatic carbocycles. The average molecular weight is 328 g/mol. The number of benzene rings is 1. The molecule has 0 fully saturated rings. The third-order valence-electron chi connectivity index (χ3n) is 3.19. The van der Waals surface area contributed by atoms with E-state index in [2.05, 4.69) is 0 Å². The number of carboxylic acids is 2. The largest absolute Gasteiger partial charge is 0.481 e. The minimum Gasteiger partial charge on any atom is -0.481 e. The fourth-order valence-corrected chi connectivity index (χ4v) is 4.76. The molecule has 2 unspecified atom stereocenters. The Morgan fingerprint density at radius 3 is 2.36 bits per heavy atom. The van der Waals surface area contributed by atoms with Gasteiger partial charge in [-0.2, -0.15) is 0 Å². The van der Waals surface area contributed by atoms with Gasteiger partial charge in [-0.25, -0.2) is 0 Å². The fraction of sp³-hybridized carbons (Fsp3) is 0.467. The first kappa shape index (κ1) is 18.4. The molecule has 0 heterocycles. The maximum Gasteiger partial charge on any atom is 0.307 e. The van der Waals surface area contributed by atoms with Crippen molar-refractivity contribution in [2.24, 2.45) is 5.92 Å². The third-order valence-corrected chi connectivity index (χ3v) is 5.76. The van der Waals surface area contributed by atoms with Gasteiger partial charge in [0.1, 0.15) is 0 Å². The number of carbonyl (C=O) groups is 2. The predicted octanol–water partition coefficient (Wildman–Crippen LogP) is 3.07. The highest BCUT2D eigenvalue weighted by Gasteiger charge is 2.31. The number of hydrogen-bond acceptors (Lipinski definition) is 4. The third kappa shape index (κ3) is 6.41. The summed E-state index contributed by atoms with van der Waals surface area (Å²) in [5.74, 6) is -3.20. The summed E-state index contributed by atoms with van der Waals surface area (Å²) in [6.07, 6.45) is -0.332. The summed E-state index contributed by atoms with van der Waals surface area (Å²) in [6.45, 7) is 1.92. The van der Waals surface area contributed by atoms with Crippen molar-refractivity contribution in [2.75, 3.05) is 12.8 Å². The Morgan fingerprint density at radius 2 is 1.86 bits per heavy atom. The molecule has 0 aliphatic heterocycles. The van der Waals surface area contributed by atoms with Gasteiger partial charge in [0.2, 0.25) is 7.37 Å². The van der Waals surface area contributed by atoms with Crippen molar-refractivity contribution in [3.63, 3.8) is 0 Å². The van der Waals surface area contributed by atoms with Crippen LogP contribution < -0.4 is 0 Å². The quantitative estimate of drug-likeness (QED) is 0.640. The maximum absolute atomic E-state index is 12.9. The van der Waals surface area contributed by atoms with Crippen LogP contribution in [0.15, 0.2) is 30.3 Å². The topological polar surface area (TPSA) is 101 Å². The summed E-state index contributed by atoms with van der Waals surface area (Å²) in [5, 5.41) is 17.9. The zero-order chi connectivity index (χ0) is 16.6. The van der Waals surface area contributed by atoms with Gasteiger partial charge in [0.05, 0.1) is 12.5 Å². The standard InChI is InChI=1S/C15H21O6P/c1-2-21-22(20,10-12-6-4-3-5-7-12)11-13(15(18)19)8-9-14(16)17/h3-7,13H,2,8-11H2,1H3,(H,16,17)(H,18,19). The zero-order valence-corrected chi connectivity index (χ0v) is 13.4. The van der Waals surface area contributed by atoms with Gasteiger partial charge in [-0.05, 0) is 18.9 Å². The Bertz CT molecular complexity index is 542. The van der Waals surface area contributed by atoms with Gasteiger partial charge in [0.15, 0.2) is 0 Å². The van der Waals surface area contributed by atoms with Crippen molar-refractivity contribution in [3.8, 4) is 0 Å². The minimum atomic E-state index is -3.18. The van der Waals surface area contributed by atoms with E-state index in [1.807, 2.05) is 18.2 Å². The van der Waals surface area contributed by atoms with Gasteiger partial charge >= 0.3 is 11.9 Å². The number of rotatable bonds is 10. The van der Waals surface area contributed by atoms with Crippen molar-refractivity contribution in [3.05, 3.63) is 35.9 Å². The summed E-state index contributed by atoms with van der Waals surface area (Å²) in [6, 6.07) is 9.06. The first-order valence-electron chi connectivity index (χ1n) is 7.07. The normalized spacial score (nSPS) is 15.0. The summed E-state index contributed by atoms with van der Waals surface area (Å²) < 4.78 is 18.3. The molecule has 7 heteroatoms. The lowest BCUT2D eigenvalue weighted by Crippen LogP contribution is -2.20. The Labute approximate surface area is 129 Å². The molecule has 22 heavy (non-hydrogen) atoms. The van der Waals surface area contributed by atoms with E-state index in [1.165, 1.54) is 0 Å². The number of carboxylic acid groups (broad SMARTS) is 2. The van der Waals surface area contributed by atoms with Crippen molar-refractivity contribution in [1.29, 1.82) is 0 Å². The molecule has 0 spiro atoms. The number of hydrogen-bond donors (Lipinski definition) is 2. The van der Waals surface area contributed by atoms with Crippen molar-refractivity contribution >= 4 is 19.3 Å². The molecule has 0 radical (unpaired) electrons. The lowest BCUT2D eigenvalue weighted by atomic mass is 10.1. The van der Waals surface area contributed by atoms with Gasteiger partial charge in [0, 0.05) is 18.7 Å². The molecule has 1 rings (SSSR count). The van der Waals surface area contributed by atoms with Crippen LogP contribution in [0, 0.1) is 5.92 Å². The van der Waals surface area contributed by atoms with Crippen LogP contribution in [0.25, 0.3) is 0 Å². The fourth-order valence-electron chi connectivity index (χ4n) is 2.19. The molecule has 0 saturated heterocycles. The van der Waals surface area contributed by atoms with Crippen LogP contribution in [0.2, 0.25) is 0 Å². The highest BCUT2D eigenvalue weighted by molar-refractivity contribution is 7.58. The van der Waals surface area contributed by atoms with Crippen LogP contribution in [-0.2, 0) is 24.8 Å². The van der Waals surface area contributed by atoms with E-state index < -0.39 is 25.2 Å². The van der Waals surface area contributed by atoms with Crippen LogP contribution in [0.4, 0.5) is 0 Å². The molecule has 1 aromatic carbocycles. The van der Waals surface area contributed by atoms with Crippen molar-refractivity contribution < 1.29 is 28.9 Å². The molecule has 0 aromatic heterocycles. The van der Waals surface area contributed by atoms with Gasteiger partial charge in [0.25, 0.3) is 0 Å². The van der Waals surface area contributed by atoms with E-state index in [1.54, 1.807) is 19.1 Å². The van der Waals surface area contributed by atoms with Gasteiger partial charge in [-0.1, -0.05) is 30.3 Å². The second-order valence-electron chi connectivity index (χ2n) is 5.03. The summed E-state index contributed by atoms with van der Waals surface area (Å²) in [4.78, 5) is 21.9. The van der Waals surface area contributed by atoms with Crippen LogP contribution in [0.5, 0.6) is 0 Å². The SMILES string of the molecule is CCOP(=O)(Cc1ccccc1)CC(CCC(=O)O)C(=O)O. The molecule has 6 nitrogen and oxygen atoms in total. The smallest absolute Gasteiger partial charge is 0.307 e. The van der Waals surface area contributed by atoms with Crippen LogP contribution in [-0.4, -0.2) is 34.9 Å². The summed E-state index contributed by atoms with van der Waals surface area (Å²) >= 11 is 0.